The number of halogens is 1. The van der Waals surface area contributed by atoms with Crippen LogP contribution in [-0.2, 0) is 0 Å². The molecule has 3 N–H and O–H groups in total. The number of hydrogen-bond donors (Lipinski definition) is 2. The Balaban J connectivity index is 2.58. The number of H-pyrrole nitrogens is 1. The summed E-state index contributed by atoms with van der Waals surface area (Å²) < 4.78 is 0. The second-order valence-electron chi connectivity index (χ2n) is 3.53. The zero-order valence-electron chi connectivity index (χ0n) is 8.71. The molecule has 0 aliphatic heterocycles. The molecule has 16 heavy (non-hydrogen) atoms. The summed E-state index contributed by atoms with van der Waals surface area (Å²) in [6.45, 7) is 1.87. The second-order valence-corrected chi connectivity index (χ2v) is 3.97. The van der Waals surface area contributed by atoms with Crippen LogP contribution in [0.15, 0.2) is 24.3 Å². The highest BCUT2D eigenvalue weighted by Gasteiger charge is 2.12. The van der Waals surface area contributed by atoms with Crippen molar-refractivity contribution in [3.63, 3.8) is 0 Å². The predicted molar refractivity (Wildman–Crippen MR) is 65.1 cm³/mol. The number of aromatic amines is 1. The van der Waals surface area contributed by atoms with E-state index in [2.05, 4.69) is 11.1 Å². The monoisotopic (exact) mass is 231 g/mol. The minimum atomic E-state index is 0.407. The fourth-order valence-electron chi connectivity index (χ4n) is 1.67. The Morgan fingerprint density at radius 3 is 2.44 bits per heavy atom. The number of nitrogens with zero attached hydrogens (tertiary/aromatic N) is 1. The molecule has 0 unspecified atom stereocenters. The molecule has 0 amide bonds. The Labute approximate surface area is 98.5 Å². The first-order valence-electron chi connectivity index (χ1n) is 4.77. The van der Waals surface area contributed by atoms with E-state index in [0.717, 1.165) is 16.8 Å². The van der Waals surface area contributed by atoms with Crippen molar-refractivity contribution in [1.82, 2.24) is 4.98 Å². The van der Waals surface area contributed by atoms with Crippen LogP contribution in [0.1, 0.15) is 11.1 Å². The number of hydrogen-bond acceptors (Lipinski definition) is 2. The van der Waals surface area contributed by atoms with E-state index in [1.54, 1.807) is 12.1 Å². The van der Waals surface area contributed by atoms with E-state index in [1.807, 2.05) is 19.1 Å². The molecule has 0 radical (unpaired) electrons. The van der Waals surface area contributed by atoms with Crippen molar-refractivity contribution < 1.29 is 0 Å². The van der Waals surface area contributed by atoms with Gasteiger partial charge in [-0.25, -0.2) is 0 Å². The Bertz CT molecular complexity index is 561. The van der Waals surface area contributed by atoms with Gasteiger partial charge in [0.25, 0.3) is 0 Å². The van der Waals surface area contributed by atoms with Crippen LogP contribution in [0.5, 0.6) is 0 Å². The van der Waals surface area contributed by atoms with E-state index in [-0.39, 0.29) is 0 Å². The SMILES string of the molecule is Cc1c(-c2ccc(Cl)cc2)[nH]c(N)c1C#N. The first kappa shape index (κ1) is 10.6. The zero-order valence-corrected chi connectivity index (χ0v) is 9.47. The minimum Gasteiger partial charge on any atom is -0.384 e. The molecular weight excluding hydrogens is 222 g/mol. The van der Waals surface area contributed by atoms with E-state index in [4.69, 9.17) is 22.6 Å². The third-order valence-corrected chi connectivity index (χ3v) is 2.78. The summed E-state index contributed by atoms with van der Waals surface area (Å²) in [6, 6.07) is 9.47. The highest BCUT2D eigenvalue weighted by molar-refractivity contribution is 6.30. The smallest absolute Gasteiger partial charge is 0.119 e. The number of anilines is 1. The Kier molecular flexibility index (Phi) is 2.59. The first-order chi connectivity index (χ1) is 7.63. The summed E-state index contributed by atoms with van der Waals surface area (Å²) in [5, 5.41) is 9.61. The molecule has 2 aromatic rings. The number of nitriles is 1. The van der Waals surface area contributed by atoms with Gasteiger partial charge >= 0.3 is 0 Å². The number of aromatic nitrogens is 1. The summed E-state index contributed by atoms with van der Waals surface area (Å²) in [6.07, 6.45) is 0. The number of rotatable bonds is 1. The Hall–Kier alpha value is -1.92. The van der Waals surface area contributed by atoms with Crippen molar-refractivity contribution >= 4 is 17.4 Å². The van der Waals surface area contributed by atoms with E-state index in [1.165, 1.54) is 0 Å². The van der Waals surface area contributed by atoms with Gasteiger partial charge in [0.15, 0.2) is 0 Å². The van der Waals surface area contributed by atoms with E-state index in [9.17, 15) is 0 Å². The predicted octanol–water partition coefficient (Wildman–Crippen LogP) is 3.10. The van der Waals surface area contributed by atoms with E-state index in [0.29, 0.717) is 16.4 Å². The molecule has 0 aliphatic carbocycles. The van der Waals surface area contributed by atoms with Gasteiger partial charge in [-0.1, -0.05) is 23.7 Å². The molecule has 3 nitrogen and oxygen atoms in total. The van der Waals surface area contributed by atoms with Gasteiger partial charge in [-0.05, 0) is 30.2 Å². The van der Waals surface area contributed by atoms with Crippen molar-refractivity contribution in [2.45, 2.75) is 6.92 Å². The molecule has 0 bridgehead atoms. The topological polar surface area (TPSA) is 65.6 Å². The van der Waals surface area contributed by atoms with Crippen molar-refractivity contribution in [3.05, 3.63) is 40.4 Å². The van der Waals surface area contributed by atoms with Crippen LogP contribution in [0.2, 0.25) is 5.02 Å². The van der Waals surface area contributed by atoms with Crippen LogP contribution in [-0.4, -0.2) is 4.98 Å². The lowest BCUT2D eigenvalue weighted by molar-refractivity contribution is 1.38. The lowest BCUT2D eigenvalue weighted by Gasteiger charge is -2.00. The lowest BCUT2D eigenvalue weighted by Crippen LogP contribution is -1.86. The fraction of sp³-hybridized carbons (Fsp3) is 0.0833. The van der Waals surface area contributed by atoms with Crippen molar-refractivity contribution in [2.24, 2.45) is 0 Å². The van der Waals surface area contributed by atoms with E-state index >= 15 is 0 Å². The molecule has 0 aliphatic rings. The number of nitrogens with one attached hydrogen (secondary N) is 1. The highest BCUT2D eigenvalue weighted by Crippen LogP contribution is 2.29. The molecule has 0 spiro atoms. The van der Waals surface area contributed by atoms with Gasteiger partial charge in [0.1, 0.15) is 11.9 Å². The number of nitrogen functional groups attached to an aromatic ring is 1. The van der Waals surface area contributed by atoms with Crippen LogP contribution in [0.25, 0.3) is 11.3 Å². The maximum absolute atomic E-state index is 8.93. The Morgan fingerprint density at radius 1 is 1.31 bits per heavy atom. The summed E-state index contributed by atoms with van der Waals surface area (Å²) in [5.74, 6) is 0.407. The summed E-state index contributed by atoms with van der Waals surface area (Å²) >= 11 is 5.82. The van der Waals surface area contributed by atoms with Crippen LogP contribution < -0.4 is 5.73 Å². The van der Waals surface area contributed by atoms with Crippen LogP contribution in [0.4, 0.5) is 5.82 Å². The number of nitrogens with two attached hydrogens (primary N) is 1. The van der Waals surface area contributed by atoms with Gasteiger partial charge in [-0.3, -0.25) is 0 Å². The molecular formula is C12H10ClN3. The third kappa shape index (κ3) is 1.64. The largest absolute Gasteiger partial charge is 0.384 e. The quantitative estimate of drug-likeness (QED) is 0.792. The molecule has 1 heterocycles. The molecule has 0 atom stereocenters. The molecule has 0 saturated carbocycles. The molecule has 4 heteroatoms. The number of benzene rings is 1. The zero-order chi connectivity index (χ0) is 11.7. The standard InChI is InChI=1S/C12H10ClN3/c1-7-10(6-14)12(15)16-11(7)8-2-4-9(13)5-3-8/h2-5,16H,15H2,1H3. The maximum atomic E-state index is 8.93. The first-order valence-corrected chi connectivity index (χ1v) is 5.15. The van der Waals surface area contributed by atoms with Crippen molar-refractivity contribution in [1.29, 1.82) is 5.26 Å². The van der Waals surface area contributed by atoms with Crippen molar-refractivity contribution in [2.75, 3.05) is 5.73 Å². The molecule has 80 valence electrons. The maximum Gasteiger partial charge on any atom is 0.119 e. The van der Waals surface area contributed by atoms with Gasteiger partial charge < -0.3 is 10.7 Å². The molecule has 1 aromatic heterocycles. The summed E-state index contributed by atoms with van der Waals surface area (Å²) in [4.78, 5) is 3.01. The van der Waals surface area contributed by atoms with Crippen molar-refractivity contribution in [3.8, 4) is 17.3 Å². The van der Waals surface area contributed by atoms with Crippen LogP contribution >= 0.6 is 11.6 Å². The summed E-state index contributed by atoms with van der Waals surface area (Å²) in [5.41, 5.74) is 8.92. The van der Waals surface area contributed by atoms with Crippen LogP contribution in [0.3, 0.4) is 0 Å². The second kappa shape index (κ2) is 3.92. The van der Waals surface area contributed by atoms with Gasteiger partial charge in [-0.2, -0.15) is 5.26 Å². The average molecular weight is 232 g/mol. The average Bonchev–Trinajstić information content (AvgIpc) is 2.55. The minimum absolute atomic E-state index is 0.407. The molecule has 2 rings (SSSR count). The fourth-order valence-corrected chi connectivity index (χ4v) is 1.79. The summed E-state index contributed by atoms with van der Waals surface area (Å²) in [7, 11) is 0. The lowest BCUT2D eigenvalue weighted by atomic mass is 10.1. The van der Waals surface area contributed by atoms with Gasteiger partial charge in [-0.15, -0.1) is 0 Å². The highest BCUT2D eigenvalue weighted by atomic mass is 35.5. The van der Waals surface area contributed by atoms with Crippen LogP contribution in [0, 0.1) is 18.3 Å². The normalized spacial score (nSPS) is 10.1. The molecule has 1 aromatic carbocycles. The molecule has 0 fully saturated rings. The van der Waals surface area contributed by atoms with Gasteiger partial charge in [0.2, 0.25) is 0 Å². The van der Waals surface area contributed by atoms with E-state index < -0.39 is 0 Å². The third-order valence-electron chi connectivity index (χ3n) is 2.52. The molecule has 0 saturated heterocycles. The van der Waals surface area contributed by atoms with Gasteiger partial charge in [0.05, 0.1) is 11.3 Å². The Morgan fingerprint density at radius 2 is 1.94 bits per heavy atom. The van der Waals surface area contributed by atoms with Gasteiger partial charge in [0, 0.05) is 5.02 Å².